The van der Waals surface area contributed by atoms with Crippen molar-refractivity contribution in [2.24, 2.45) is 0 Å². The molecule has 0 radical (unpaired) electrons. The van der Waals surface area contributed by atoms with Crippen LogP contribution in [-0.2, 0) is 6.18 Å². The Morgan fingerprint density at radius 1 is 1.00 bits per heavy atom. The number of alkyl halides is 3. The largest absolute Gasteiger partial charge is 0.416 e. The topological polar surface area (TPSA) is 68.5 Å². The standard InChI is InChI=1S/C17H10ClF3N6/c18-13-2-1-7-22-16(13)27-15-12(8-25-27)14(23-9-24-15)26-11-5-3-10(4-6-11)17(19,20)21/h1-9H,(H,23,24,26). The van der Waals surface area contributed by atoms with E-state index in [1.165, 1.54) is 29.3 Å². The molecule has 0 spiro atoms. The van der Waals surface area contributed by atoms with Crippen LogP contribution >= 0.6 is 11.6 Å². The molecule has 0 fully saturated rings. The van der Waals surface area contributed by atoms with Gasteiger partial charge in [0.2, 0.25) is 0 Å². The van der Waals surface area contributed by atoms with Crippen molar-refractivity contribution in [1.82, 2.24) is 24.7 Å². The normalized spacial score (nSPS) is 11.7. The quantitative estimate of drug-likeness (QED) is 0.552. The number of nitrogens with one attached hydrogen (secondary N) is 1. The number of hydrogen-bond donors (Lipinski definition) is 1. The number of aromatic nitrogens is 5. The Balaban J connectivity index is 1.71. The Kier molecular flexibility index (Phi) is 4.15. The zero-order valence-corrected chi connectivity index (χ0v) is 14.2. The van der Waals surface area contributed by atoms with Gasteiger partial charge in [0, 0.05) is 11.9 Å². The third-order valence-electron chi connectivity index (χ3n) is 3.78. The van der Waals surface area contributed by atoms with Crippen LogP contribution in [0.25, 0.3) is 16.9 Å². The fraction of sp³-hybridized carbons (Fsp3) is 0.0588. The maximum atomic E-state index is 12.7. The van der Waals surface area contributed by atoms with Gasteiger partial charge in [0.1, 0.15) is 12.1 Å². The van der Waals surface area contributed by atoms with Crippen molar-refractivity contribution in [2.75, 3.05) is 5.32 Å². The molecule has 6 nitrogen and oxygen atoms in total. The van der Waals surface area contributed by atoms with Crippen molar-refractivity contribution >= 4 is 34.1 Å². The molecule has 1 aromatic carbocycles. The molecule has 0 aliphatic heterocycles. The summed E-state index contributed by atoms with van der Waals surface area (Å²) in [7, 11) is 0. The Labute approximate surface area is 155 Å². The zero-order valence-electron chi connectivity index (χ0n) is 13.4. The number of benzene rings is 1. The van der Waals surface area contributed by atoms with Gasteiger partial charge < -0.3 is 5.32 Å². The summed E-state index contributed by atoms with van der Waals surface area (Å²) in [6, 6.07) is 8.04. The van der Waals surface area contributed by atoms with Crippen molar-refractivity contribution in [3.05, 3.63) is 65.7 Å². The van der Waals surface area contributed by atoms with Crippen LogP contribution in [0.4, 0.5) is 24.7 Å². The third kappa shape index (κ3) is 3.28. The van der Waals surface area contributed by atoms with E-state index in [1.807, 2.05) is 0 Å². The van der Waals surface area contributed by atoms with Gasteiger partial charge in [-0.05, 0) is 36.4 Å². The van der Waals surface area contributed by atoms with Crippen LogP contribution in [0, 0.1) is 0 Å². The third-order valence-corrected chi connectivity index (χ3v) is 4.08. The van der Waals surface area contributed by atoms with E-state index in [0.717, 1.165) is 12.1 Å². The minimum atomic E-state index is -4.39. The zero-order chi connectivity index (χ0) is 19.0. The Bertz CT molecular complexity index is 1110. The highest BCUT2D eigenvalue weighted by Crippen LogP contribution is 2.31. The lowest BCUT2D eigenvalue weighted by Gasteiger charge is -2.09. The van der Waals surface area contributed by atoms with E-state index in [9.17, 15) is 13.2 Å². The van der Waals surface area contributed by atoms with E-state index in [4.69, 9.17) is 11.6 Å². The number of nitrogens with zero attached hydrogens (tertiary/aromatic N) is 5. The fourth-order valence-corrected chi connectivity index (χ4v) is 2.71. The van der Waals surface area contributed by atoms with Crippen molar-refractivity contribution < 1.29 is 13.2 Å². The summed E-state index contributed by atoms with van der Waals surface area (Å²) in [6.45, 7) is 0. The van der Waals surface area contributed by atoms with Gasteiger partial charge in [0.15, 0.2) is 11.5 Å². The second kappa shape index (κ2) is 6.51. The first-order valence-corrected chi connectivity index (χ1v) is 8.05. The first kappa shape index (κ1) is 17.2. The first-order chi connectivity index (χ1) is 12.9. The van der Waals surface area contributed by atoms with Crippen LogP contribution < -0.4 is 5.32 Å². The molecule has 0 amide bonds. The first-order valence-electron chi connectivity index (χ1n) is 7.67. The predicted molar refractivity (Wildman–Crippen MR) is 94.2 cm³/mol. The second-order valence-electron chi connectivity index (χ2n) is 5.52. The van der Waals surface area contributed by atoms with Crippen molar-refractivity contribution in [1.29, 1.82) is 0 Å². The fourth-order valence-electron chi connectivity index (χ4n) is 2.51. The van der Waals surface area contributed by atoms with Crippen molar-refractivity contribution in [3.63, 3.8) is 0 Å². The Morgan fingerprint density at radius 2 is 1.78 bits per heavy atom. The van der Waals surface area contributed by atoms with Crippen LogP contribution in [0.5, 0.6) is 0 Å². The molecule has 27 heavy (non-hydrogen) atoms. The second-order valence-corrected chi connectivity index (χ2v) is 5.93. The molecule has 0 unspecified atom stereocenters. The van der Waals surface area contributed by atoms with Gasteiger partial charge in [-0.15, -0.1) is 0 Å². The number of pyridine rings is 1. The molecule has 136 valence electrons. The van der Waals surface area contributed by atoms with Crippen molar-refractivity contribution in [3.8, 4) is 5.82 Å². The monoisotopic (exact) mass is 390 g/mol. The molecule has 0 aliphatic carbocycles. The smallest absolute Gasteiger partial charge is 0.340 e. The molecule has 0 atom stereocenters. The van der Waals surface area contributed by atoms with Crippen LogP contribution in [0.2, 0.25) is 5.02 Å². The van der Waals surface area contributed by atoms with E-state index in [1.54, 1.807) is 18.3 Å². The molecule has 10 heteroatoms. The van der Waals surface area contributed by atoms with Crippen LogP contribution in [0.1, 0.15) is 5.56 Å². The highest BCUT2D eigenvalue weighted by atomic mass is 35.5. The molecule has 3 aromatic heterocycles. The van der Waals surface area contributed by atoms with Gasteiger partial charge in [-0.25, -0.2) is 15.0 Å². The van der Waals surface area contributed by atoms with E-state index >= 15 is 0 Å². The summed E-state index contributed by atoms with van der Waals surface area (Å²) in [6.07, 6.45) is 0.0532. The molecule has 3 heterocycles. The summed E-state index contributed by atoms with van der Waals surface area (Å²) >= 11 is 6.16. The molecular formula is C17H10ClF3N6. The molecular weight excluding hydrogens is 381 g/mol. The summed E-state index contributed by atoms with van der Waals surface area (Å²) in [5.74, 6) is 0.811. The van der Waals surface area contributed by atoms with E-state index in [-0.39, 0.29) is 0 Å². The highest BCUT2D eigenvalue weighted by molar-refractivity contribution is 6.32. The highest BCUT2D eigenvalue weighted by Gasteiger charge is 2.30. The summed E-state index contributed by atoms with van der Waals surface area (Å²) in [5.41, 5.74) is 0.185. The van der Waals surface area contributed by atoms with Gasteiger partial charge in [-0.1, -0.05) is 11.6 Å². The molecule has 4 aromatic rings. The Morgan fingerprint density at radius 3 is 2.48 bits per heavy atom. The summed E-state index contributed by atoms with van der Waals surface area (Å²) < 4.78 is 39.5. The summed E-state index contributed by atoms with van der Waals surface area (Å²) in [4.78, 5) is 12.6. The SMILES string of the molecule is FC(F)(F)c1ccc(Nc2ncnc3c2cnn3-c2ncccc2Cl)cc1. The molecule has 4 rings (SSSR count). The van der Waals surface area contributed by atoms with E-state index in [0.29, 0.717) is 33.4 Å². The lowest BCUT2D eigenvalue weighted by atomic mass is 10.2. The number of halogens is 4. The Hall–Kier alpha value is -3.20. The minimum absolute atomic E-state index is 0.401. The lowest BCUT2D eigenvalue weighted by Crippen LogP contribution is -2.04. The van der Waals surface area contributed by atoms with Gasteiger partial charge in [-0.2, -0.15) is 23.0 Å². The lowest BCUT2D eigenvalue weighted by molar-refractivity contribution is -0.137. The molecule has 0 saturated carbocycles. The predicted octanol–water partition coefficient (Wildman–Crippen LogP) is 4.63. The van der Waals surface area contributed by atoms with Gasteiger partial charge >= 0.3 is 6.18 Å². The van der Waals surface area contributed by atoms with Crippen LogP contribution in [-0.4, -0.2) is 24.7 Å². The molecule has 0 saturated heterocycles. The number of anilines is 2. The number of rotatable bonds is 3. The van der Waals surface area contributed by atoms with E-state index < -0.39 is 11.7 Å². The average Bonchev–Trinajstić information content (AvgIpc) is 3.07. The van der Waals surface area contributed by atoms with Gasteiger partial charge in [-0.3, -0.25) is 0 Å². The van der Waals surface area contributed by atoms with Gasteiger partial charge in [0.05, 0.1) is 22.2 Å². The van der Waals surface area contributed by atoms with Gasteiger partial charge in [0.25, 0.3) is 0 Å². The van der Waals surface area contributed by atoms with Crippen LogP contribution in [0.15, 0.2) is 55.1 Å². The average molecular weight is 391 g/mol. The molecule has 1 N–H and O–H groups in total. The minimum Gasteiger partial charge on any atom is -0.340 e. The maximum Gasteiger partial charge on any atom is 0.416 e. The molecule has 0 bridgehead atoms. The maximum absolute atomic E-state index is 12.7. The number of fused-ring (bicyclic) bond motifs is 1. The molecule has 0 aliphatic rings. The van der Waals surface area contributed by atoms with Crippen molar-refractivity contribution in [2.45, 2.75) is 6.18 Å². The van der Waals surface area contributed by atoms with E-state index in [2.05, 4.69) is 25.4 Å². The summed E-state index contributed by atoms with van der Waals surface area (Å²) in [5, 5.41) is 8.20. The van der Waals surface area contributed by atoms with Crippen LogP contribution in [0.3, 0.4) is 0 Å². The number of hydrogen-bond acceptors (Lipinski definition) is 5.